The third-order valence-electron chi connectivity index (χ3n) is 4.70. The summed E-state index contributed by atoms with van der Waals surface area (Å²) < 4.78 is 0. The highest BCUT2D eigenvalue weighted by molar-refractivity contribution is 5.95. The molecule has 0 radical (unpaired) electrons. The molecule has 128 valence electrons. The van der Waals surface area contributed by atoms with Crippen LogP contribution in [0.15, 0.2) is 24.3 Å². The van der Waals surface area contributed by atoms with Gasteiger partial charge in [-0.15, -0.1) is 0 Å². The Labute approximate surface area is 137 Å². The molecule has 5 nitrogen and oxygen atoms in total. The van der Waals surface area contributed by atoms with Gasteiger partial charge in [-0.05, 0) is 37.1 Å². The Morgan fingerprint density at radius 1 is 1.04 bits per heavy atom. The van der Waals surface area contributed by atoms with Crippen molar-refractivity contribution in [2.24, 2.45) is 5.92 Å². The van der Waals surface area contributed by atoms with Crippen LogP contribution in [0.1, 0.15) is 45.2 Å². The summed E-state index contributed by atoms with van der Waals surface area (Å²) in [4.78, 5) is 25.7. The highest BCUT2D eigenvalue weighted by atomic mass is 16.4. The largest absolute Gasteiger partial charge is 0.481 e. The van der Waals surface area contributed by atoms with Gasteiger partial charge >= 0.3 is 11.9 Å². The van der Waals surface area contributed by atoms with E-state index >= 15 is 0 Å². The molecule has 5 heteroatoms. The molecule has 1 aromatic carbocycles. The molecule has 0 heterocycles. The monoisotopic (exact) mass is 321 g/mol. The van der Waals surface area contributed by atoms with E-state index in [1.165, 1.54) is 0 Å². The van der Waals surface area contributed by atoms with E-state index in [0.717, 1.165) is 17.5 Å². The number of carboxylic acid groups (broad SMARTS) is 2. The lowest BCUT2D eigenvalue weighted by Gasteiger charge is -2.46. The zero-order valence-corrected chi connectivity index (χ0v) is 14.4. The average molecular weight is 321 g/mol. The molecule has 0 fully saturated rings. The smallest absolute Gasteiger partial charge is 0.320 e. The first-order chi connectivity index (χ1) is 10.9. The molecule has 0 spiro atoms. The second-order valence-corrected chi connectivity index (χ2v) is 5.57. The van der Waals surface area contributed by atoms with Crippen LogP contribution in [-0.4, -0.2) is 40.1 Å². The highest BCUT2D eigenvalue weighted by Gasteiger charge is 2.51. The Kier molecular flexibility index (Phi) is 6.76. The molecule has 0 aromatic heterocycles. The van der Waals surface area contributed by atoms with Gasteiger partial charge in [0, 0.05) is 0 Å². The van der Waals surface area contributed by atoms with Crippen molar-refractivity contribution in [2.45, 2.75) is 46.1 Å². The summed E-state index contributed by atoms with van der Waals surface area (Å²) in [5, 5.41) is 19.3. The number of benzene rings is 1. The zero-order chi connectivity index (χ0) is 17.6. The zero-order valence-electron chi connectivity index (χ0n) is 14.4. The lowest BCUT2D eigenvalue weighted by molar-refractivity contribution is -0.164. The van der Waals surface area contributed by atoms with Crippen LogP contribution in [0.25, 0.3) is 0 Å². The van der Waals surface area contributed by atoms with E-state index in [2.05, 4.69) is 0 Å². The van der Waals surface area contributed by atoms with Crippen LogP contribution in [0.4, 0.5) is 0 Å². The number of carboxylic acids is 2. The molecule has 2 N–H and O–H groups in total. The average Bonchev–Trinajstić information content (AvgIpc) is 2.53. The van der Waals surface area contributed by atoms with Gasteiger partial charge in [0.2, 0.25) is 0 Å². The summed E-state index contributed by atoms with van der Waals surface area (Å²) in [5.41, 5.74) is 0.741. The molecule has 0 aliphatic heterocycles. The minimum Gasteiger partial charge on any atom is -0.481 e. The van der Waals surface area contributed by atoms with Crippen LogP contribution >= 0.6 is 0 Å². The minimum absolute atomic E-state index is 0.412. The molecule has 1 rings (SSSR count). The molecule has 23 heavy (non-hydrogen) atoms. The maximum absolute atomic E-state index is 11.8. The van der Waals surface area contributed by atoms with Crippen molar-refractivity contribution in [3.05, 3.63) is 35.4 Å². The molecule has 0 saturated carbocycles. The third-order valence-corrected chi connectivity index (χ3v) is 4.70. The van der Waals surface area contributed by atoms with Crippen molar-refractivity contribution in [2.75, 3.05) is 13.1 Å². The topological polar surface area (TPSA) is 77.8 Å². The van der Waals surface area contributed by atoms with Crippen LogP contribution in [0, 0.1) is 5.92 Å². The Hall–Kier alpha value is -1.88. The van der Waals surface area contributed by atoms with Crippen LogP contribution in [0.3, 0.4) is 0 Å². The number of hydrogen-bond acceptors (Lipinski definition) is 3. The fourth-order valence-electron chi connectivity index (χ4n) is 3.68. The fourth-order valence-corrected chi connectivity index (χ4v) is 3.68. The summed E-state index contributed by atoms with van der Waals surface area (Å²) in [7, 11) is 0. The first-order valence-corrected chi connectivity index (χ1v) is 8.19. The number of hydrogen-bond donors (Lipinski definition) is 2. The second-order valence-electron chi connectivity index (χ2n) is 5.57. The molecule has 0 aliphatic carbocycles. The number of carbonyl (C=O) groups is 2. The Morgan fingerprint density at radius 3 is 1.96 bits per heavy atom. The van der Waals surface area contributed by atoms with Crippen LogP contribution in [0.5, 0.6) is 0 Å². The predicted molar refractivity (Wildman–Crippen MR) is 89.5 cm³/mol. The lowest BCUT2D eigenvalue weighted by atomic mass is 9.72. The van der Waals surface area contributed by atoms with E-state index in [-0.39, 0.29) is 0 Å². The molecule has 0 saturated heterocycles. The normalized spacial score (nSPS) is 14.0. The van der Waals surface area contributed by atoms with Crippen LogP contribution in [0.2, 0.25) is 0 Å². The highest BCUT2D eigenvalue weighted by Crippen LogP contribution is 2.41. The van der Waals surface area contributed by atoms with Crippen LogP contribution in [-0.2, 0) is 21.5 Å². The third kappa shape index (κ3) is 3.39. The van der Waals surface area contributed by atoms with Gasteiger partial charge in [0.25, 0.3) is 0 Å². The van der Waals surface area contributed by atoms with Gasteiger partial charge in [0.05, 0.1) is 5.54 Å². The van der Waals surface area contributed by atoms with Gasteiger partial charge in [-0.1, -0.05) is 52.0 Å². The summed E-state index contributed by atoms with van der Waals surface area (Å²) in [6.45, 7) is 8.90. The Bertz CT molecular complexity index is 540. The maximum atomic E-state index is 11.8. The van der Waals surface area contributed by atoms with E-state index in [0.29, 0.717) is 19.5 Å². The van der Waals surface area contributed by atoms with Gasteiger partial charge in [0.15, 0.2) is 5.92 Å². The van der Waals surface area contributed by atoms with E-state index in [1.807, 2.05) is 56.9 Å². The van der Waals surface area contributed by atoms with E-state index in [9.17, 15) is 19.8 Å². The van der Waals surface area contributed by atoms with Crippen molar-refractivity contribution >= 4 is 11.9 Å². The van der Waals surface area contributed by atoms with Gasteiger partial charge < -0.3 is 10.2 Å². The maximum Gasteiger partial charge on any atom is 0.320 e. The standard InChI is InChI=1S/C18H27NO4/c1-5-13-11-9-10-12-14(13)18(6-2,19(7-3)8-4)15(16(20)21)17(22)23/h9-12,15H,5-8H2,1-4H3,(H,20,21)(H,22,23). The summed E-state index contributed by atoms with van der Waals surface area (Å²) in [6, 6.07) is 7.58. The van der Waals surface area contributed by atoms with Crippen molar-refractivity contribution < 1.29 is 19.8 Å². The molecule has 1 unspecified atom stereocenters. The molecule has 1 atom stereocenters. The van der Waals surface area contributed by atoms with Crippen molar-refractivity contribution in [1.82, 2.24) is 4.90 Å². The number of nitrogens with zero attached hydrogens (tertiary/aromatic N) is 1. The predicted octanol–water partition coefficient (Wildman–Crippen LogP) is 2.98. The van der Waals surface area contributed by atoms with E-state index < -0.39 is 23.4 Å². The quantitative estimate of drug-likeness (QED) is 0.684. The molecule has 0 aliphatic rings. The van der Waals surface area contributed by atoms with Gasteiger partial charge in [-0.25, -0.2) is 0 Å². The Balaban J connectivity index is 3.77. The van der Waals surface area contributed by atoms with Crippen molar-refractivity contribution in [1.29, 1.82) is 0 Å². The Morgan fingerprint density at radius 2 is 1.57 bits per heavy atom. The molecule has 0 bridgehead atoms. The number of aryl methyl sites for hydroxylation is 1. The van der Waals surface area contributed by atoms with Gasteiger partial charge in [-0.3, -0.25) is 14.5 Å². The van der Waals surface area contributed by atoms with Gasteiger partial charge in [-0.2, -0.15) is 0 Å². The van der Waals surface area contributed by atoms with Crippen molar-refractivity contribution in [3.63, 3.8) is 0 Å². The second kappa shape index (κ2) is 8.11. The van der Waals surface area contributed by atoms with E-state index in [1.54, 1.807) is 0 Å². The van der Waals surface area contributed by atoms with Crippen molar-refractivity contribution in [3.8, 4) is 0 Å². The lowest BCUT2D eigenvalue weighted by Crippen LogP contribution is -2.56. The number of rotatable bonds is 9. The van der Waals surface area contributed by atoms with E-state index in [4.69, 9.17) is 0 Å². The first-order valence-electron chi connectivity index (χ1n) is 8.19. The molecular formula is C18H27NO4. The van der Waals surface area contributed by atoms with Crippen LogP contribution < -0.4 is 0 Å². The molecule has 0 amide bonds. The first kappa shape index (κ1) is 19.2. The molecule has 1 aromatic rings. The SMILES string of the molecule is CCc1ccccc1C(CC)(C(C(=O)O)C(=O)O)N(CC)CC. The number of aliphatic carboxylic acids is 2. The summed E-state index contributed by atoms with van der Waals surface area (Å²) in [6.07, 6.45) is 1.14. The summed E-state index contributed by atoms with van der Waals surface area (Å²) in [5.74, 6) is -4.10. The molecular weight excluding hydrogens is 294 g/mol. The summed E-state index contributed by atoms with van der Waals surface area (Å²) >= 11 is 0. The minimum atomic E-state index is -1.51. The fraction of sp³-hybridized carbons (Fsp3) is 0.556. The van der Waals surface area contributed by atoms with Gasteiger partial charge in [0.1, 0.15) is 0 Å².